The molecule has 37 heavy (non-hydrogen) atoms. The molecule has 7 nitrogen and oxygen atoms in total. The lowest BCUT2D eigenvalue weighted by molar-refractivity contribution is -0.138. The van der Waals surface area contributed by atoms with Crippen LogP contribution >= 0.6 is 0 Å². The minimum Gasteiger partial charge on any atom is -0.379 e. The van der Waals surface area contributed by atoms with Crippen LogP contribution in [0, 0.1) is 5.92 Å². The van der Waals surface area contributed by atoms with Gasteiger partial charge in [-0.15, -0.1) is 10.2 Å². The van der Waals surface area contributed by atoms with Crippen LogP contribution in [-0.4, -0.2) is 51.9 Å². The van der Waals surface area contributed by atoms with E-state index in [9.17, 15) is 18.0 Å². The van der Waals surface area contributed by atoms with Crippen molar-refractivity contribution in [1.29, 1.82) is 0 Å². The highest BCUT2D eigenvalue weighted by atomic mass is 19.4. The maximum absolute atomic E-state index is 14.1. The third kappa shape index (κ3) is 4.21. The first-order chi connectivity index (χ1) is 17.6. The number of aromatic nitrogens is 3. The Labute approximate surface area is 212 Å². The first-order valence-electron chi connectivity index (χ1n) is 12.4. The quantitative estimate of drug-likeness (QED) is 0.502. The molecule has 6 rings (SSSR count). The Morgan fingerprint density at radius 2 is 1.95 bits per heavy atom. The van der Waals surface area contributed by atoms with Gasteiger partial charge in [-0.1, -0.05) is 19.1 Å². The third-order valence-corrected chi connectivity index (χ3v) is 7.78. The van der Waals surface area contributed by atoms with Crippen molar-refractivity contribution >= 4 is 11.6 Å². The van der Waals surface area contributed by atoms with Crippen LogP contribution in [0.1, 0.15) is 45.4 Å². The van der Waals surface area contributed by atoms with Crippen LogP contribution in [-0.2, 0) is 42.9 Å². The third-order valence-electron chi connectivity index (χ3n) is 7.78. The molecule has 4 heterocycles. The highest BCUT2D eigenvalue weighted by Crippen LogP contribution is 2.42. The molecule has 0 spiro atoms. The molecule has 0 unspecified atom stereocenters. The monoisotopic (exact) mass is 511 g/mol. The lowest BCUT2D eigenvalue weighted by atomic mass is 9.75. The van der Waals surface area contributed by atoms with Crippen LogP contribution in [0.4, 0.5) is 18.9 Å². The van der Waals surface area contributed by atoms with Gasteiger partial charge in [0.2, 0.25) is 0 Å². The number of hydrogen-bond donors (Lipinski definition) is 0. The van der Waals surface area contributed by atoms with Crippen LogP contribution in [0.25, 0.3) is 0 Å². The van der Waals surface area contributed by atoms with Crippen LogP contribution in [0.2, 0.25) is 0 Å². The summed E-state index contributed by atoms with van der Waals surface area (Å²) in [5.41, 5.74) is 1.21. The molecular weight excluding hydrogens is 483 g/mol. The molecule has 1 aromatic heterocycles. The fourth-order valence-corrected chi connectivity index (χ4v) is 5.73. The predicted molar refractivity (Wildman–Crippen MR) is 130 cm³/mol. The summed E-state index contributed by atoms with van der Waals surface area (Å²) in [6.07, 6.45) is -2.28. The van der Waals surface area contributed by atoms with E-state index in [2.05, 4.69) is 22.0 Å². The van der Waals surface area contributed by atoms with Crippen molar-refractivity contribution in [1.82, 2.24) is 19.7 Å². The van der Waals surface area contributed by atoms with Crippen LogP contribution in [0.5, 0.6) is 0 Å². The Morgan fingerprint density at radius 3 is 2.57 bits per heavy atom. The maximum atomic E-state index is 14.1. The second kappa shape index (κ2) is 8.66. The number of benzene rings is 2. The Morgan fingerprint density at radius 1 is 1.16 bits per heavy atom. The lowest BCUT2D eigenvalue weighted by Gasteiger charge is -2.42. The molecule has 1 amide bonds. The number of amides is 1. The van der Waals surface area contributed by atoms with Gasteiger partial charge in [0.05, 0.1) is 25.3 Å². The molecule has 0 saturated carbocycles. The van der Waals surface area contributed by atoms with Gasteiger partial charge in [0.1, 0.15) is 12.2 Å². The number of alkyl halides is 3. The largest absolute Gasteiger partial charge is 0.416 e. The molecule has 3 aliphatic rings. The van der Waals surface area contributed by atoms with E-state index >= 15 is 0 Å². The van der Waals surface area contributed by atoms with Gasteiger partial charge in [0, 0.05) is 49.8 Å². The number of carbonyl (C=O) groups is 1. The molecule has 2 saturated heterocycles. The molecule has 0 bridgehead atoms. The normalized spacial score (nSPS) is 19.6. The molecule has 2 fully saturated rings. The highest BCUT2D eigenvalue weighted by Gasteiger charge is 2.43. The Kier molecular flexibility index (Phi) is 5.65. The number of hydrogen-bond acceptors (Lipinski definition) is 5. The SMILES string of the molecule is CC1CN(Cc2cc3c(c(C(F)(F)F)c2)CN(c2cccc(C4(Cc5nncn5C)COC4)c2)C3=O)C1. The number of likely N-dealkylation sites (tertiary alicyclic amines) is 1. The van der Waals surface area contributed by atoms with E-state index in [1.165, 1.54) is 11.0 Å². The molecule has 3 aromatic rings. The van der Waals surface area contributed by atoms with E-state index in [0.29, 0.717) is 43.3 Å². The second-order valence-electron chi connectivity index (χ2n) is 10.7. The van der Waals surface area contributed by atoms with Crippen molar-refractivity contribution in [2.24, 2.45) is 13.0 Å². The molecule has 0 radical (unpaired) electrons. The van der Waals surface area contributed by atoms with E-state index in [0.717, 1.165) is 24.5 Å². The first-order valence-corrected chi connectivity index (χ1v) is 12.4. The second-order valence-corrected chi connectivity index (χ2v) is 10.7. The summed E-state index contributed by atoms with van der Waals surface area (Å²) in [6.45, 7) is 5.11. The Hall–Kier alpha value is -3.24. The molecule has 0 atom stereocenters. The molecule has 10 heteroatoms. The Balaban J connectivity index is 1.32. The zero-order valence-corrected chi connectivity index (χ0v) is 20.8. The number of carbonyl (C=O) groups excluding carboxylic acids is 1. The van der Waals surface area contributed by atoms with E-state index < -0.39 is 17.6 Å². The number of aryl methyl sites for hydroxylation is 1. The molecular formula is C27H28F3N5O2. The number of halogens is 3. The molecule has 3 aliphatic heterocycles. The standard InChI is InChI=1S/C27H28F3N5O2/c1-17-10-34(11-17)12-18-6-21-22(23(7-18)27(28,29)30)13-35(25(21)36)20-5-3-4-19(8-20)26(14-37-15-26)9-24-32-31-16-33(24)2/h3-8,16-17H,9-15H2,1-2H3. The van der Waals surface area contributed by atoms with Gasteiger partial charge < -0.3 is 14.2 Å². The van der Waals surface area contributed by atoms with Crippen molar-refractivity contribution in [3.63, 3.8) is 0 Å². The fourth-order valence-electron chi connectivity index (χ4n) is 5.73. The predicted octanol–water partition coefficient (Wildman–Crippen LogP) is 3.96. The highest BCUT2D eigenvalue weighted by molar-refractivity contribution is 6.10. The van der Waals surface area contributed by atoms with E-state index in [1.807, 2.05) is 29.8 Å². The summed E-state index contributed by atoms with van der Waals surface area (Å²) in [6, 6.07) is 10.4. The van der Waals surface area contributed by atoms with Crippen LogP contribution in [0.15, 0.2) is 42.7 Å². The van der Waals surface area contributed by atoms with E-state index in [-0.39, 0.29) is 23.1 Å². The summed E-state index contributed by atoms with van der Waals surface area (Å²) in [5.74, 6) is 0.958. The molecule has 194 valence electrons. The van der Waals surface area contributed by atoms with Crippen molar-refractivity contribution in [2.75, 3.05) is 31.2 Å². The van der Waals surface area contributed by atoms with Crippen LogP contribution < -0.4 is 4.90 Å². The number of ether oxygens (including phenoxy) is 1. The zero-order chi connectivity index (χ0) is 25.9. The minimum atomic E-state index is -4.54. The lowest BCUT2D eigenvalue weighted by Crippen LogP contribution is -2.49. The topological polar surface area (TPSA) is 63.5 Å². The fraction of sp³-hybridized carbons (Fsp3) is 0.444. The Bertz CT molecular complexity index is 1360. The summed E-state index contributed by atoms with van der Waals surface area (Å²) >= 11 is 0. The van der Waals surface area contributed by atoms with E-state index in [4.69, 9.17) is 4.74 Å². The number of rotatable bonds is 6. The summed E-state index contributed by atoms with van der Waals surface area (Å²) in [5, 5.41) is 8.17. The zero-order valence-electron chi connectivity index (χ0n) is 20.8. The average molecular weight is 512 g/mol. The van der Waals surface area contributed by atoms with Crippen LogP contribution in [0.3, 0.4) is 0 Å². The van der Waals surface area contributed by atoms with Crippen molar-refractivity contribution in [3.05, 3.63) is 76.4 Å². The summed E-state index contributed by atoms with van der Waals surface area (Å²) in [4.78, 5) is 17.0. The van der Waals surface area contributed by atoms with Gasteiger partial charge in [-0.3, -0.25) is 9.69 Å². The maximum Gasteiger partial charge on any atom is 0.416 e. The minimum absolute atomic E-state index is 0.0457. The average Bonchev–Trinajstić information content (AvgIpc) is 3.36. The van der Waals surface area contributed by atoms with Crippen molar-refractivity contribution < 1.29 is 22.7 Å². The number of nitrogens with zero attached hydrogens (tertiary/aromatic N) is 5. The number of anilines is 1. The van der Waals surface area contributed by atoms with Gasteiger partial charge in [0.25, 0.3) is 5.91 Å². The van der Waals surface area contributed by atoms with E-state index in [1.54, 1.807) is 18.5 Å². The summed E-state index contributed by atoms with van der Waals surface area (Å²) in [7, 11) is 1.88. The molecule has 0 aliphatic carbocycles. The van der Waals surface area contributed by atoms with Gasteiger partial charge in [-0.25, -0.2) is 0 Å². The van der Waals surface area contributed by atoms with Gasteiger partial charge in [-0.2, -0.15) is 13.2 Å². The number of fused-ring (bicyclic) bond motifs is 1. The first kappa shape index (κ1) is 24.1. The summed E-state index contributed by atoms with van der Waals surface area (Å²) < 4.78 is 49.7. The molecule has 2 aromatic carbocycles. The van der Waals surface area contributed by atoms with Gasteiger partial charge >= 0.3 is 6.18 Å². The molecule has 0 N–H and O–H groups in total. The van der Waals surface area contributed by atoms with Gasteiger partial charge in [-0.05, 0) is 46.9 Å². The van der Waals surface area contributed by atoms with Crippen molar-refractivity contribution in [3.8, 4) is 0 Å². The van der Waals surface area contributed by atoms with Crippen molar-refractivity contribution in [2.45, 2.75) is 38.0 Å². The smallest absolute Gasteiger partial charge is 0.379 e. The van der Waals surface area contributed by atoms with Gasteiger partial charge in [0.15, 0.2) is 0 Å².